The maximum atomic E-state index is 15.1. The van der Waals surface area contributed by atoms with E-state index in [2.05, 4.69) is 54.7 Å². The second-order valence-electron chi connectivity index (χ2n) is 15.5. The van der Waals surface area contributed by atoms with Crippen molar-refractivity contribution in [2.45, 2.75) is 110 Å². The number of nitrogens with zero attached hydrogens (tertiary/aromatic N) is 3. The molecule has 3 unspecified atom stereocenters. The van der Waals surface area contributed by atoms with E-state index < -0.39 is 40.7 Å². The molecule has 3 fully saturated rings. The Bertz CT molecular complexity index is 1280. The molecule has 3 amide bonds. The Morgan fingerprint density at radius 3 is 2.27 bits per heavy atom. The van der Waals surface area contributed by atoms with Crippen LogP contribution in [0.2, 0.25) is 0 Å². The summed E-state index contributed by atoms with van der Waals surface area (Å²) in [4.78, 5) is 49.7. The highest BCUT2D eigenvalue weighted by atomic mass is 16.5. The van der Waals surface area contributed by atoms with Gasteiger partial charge < -0.3 is 24.5 Å². The number of aliphatic hydroxyl groups is 1. The molecule has 0 radical (unpaired) electrons. The highest BCUT2D eigenvalue weighted by Gasteiger charge is 2.80. The third-order valence-corrected chi connectivity index (χ3v) is 10.5. The van der Waals surface area contributed by atoms with Crippen LogP contribution in [0.15, 0.2) is 55.6 Å². The van der Waals surface area contributed by atoms with E-state index in [1.54, 1.807) is 22.0 Å². The number of carbonyl (C=O) groups is 3. The van der Waals surface area contributed by atoms with Crippen LogP contribution in [-0.2, 0) is 25.7 Å². The van der Waals surface area contributed by atoms with Gasteiger partial charge in [0.25, 0.3) is 0 Å². The summed E-state index contributed by atoms with van der Waals surface area (Å²) in [7, 11) is 0. The number of ether oxygens (including phenoxy) is 1. The fourth-order valence-corrected chi connectivity index (χ4v) is 8.83. The van der Waals surface area contributed by atoms with Gasteiger partial charge in [-0.1, -0.05) is 77.1 Å². The van der Waals surface area contributed by atoms with Crippen LogP contribution in [0.3, 0.4) is 0 Å². The zero-order valence-electron chi connectivity index (χ0n) is 28.7. The van der Waals surface area contributed by atoms with Crippen LogP contribution in [0, 0.1) is 23.2 Å². The molecule has 3 heterocycles. The molecule has 248 valence electrons. The van der Waals surface area contributed by atoms with Gasteiger partial charge in [0.2, 0.25) is 17.7 Å². The van der Waals surface area contributed by atoms with Crippen molar-refractivity contribution in [1.82, 2.24) is 14.7 Å². The lowest BCUT2D eigenvalue weighted by Crippen LogP contribution is -2.62. The summed E-state index contributed by atoms with van der Waals surface area (Å²) in [6.45, 7) is 25.0. The normalized spacial score (nSPS) is 29.8. The first-order valence-electron chi connectivity index (χ1n) is 16.5. The van der Waals surface area contributed by atoms with E-state index in [0.29, 0.717) is 32.5 Å². The van der Waals surface area contributed by atoms with E-state index in [-0.39, 0.29) is 35.7 Å². The van der Waals surface area contributed by atoms with Crippen LogP contribution < -0.4 is 0 Å². The topological polar surface area (TPSA) is 90.4 Å². The van der Waals surface area contributed by atoms with Gasteiger partial charge in [0.1, 0.15) is 11.6 Å². The maximum absolute atomic E-state index is 15.1. The van der Waals surface area contributed by atoms with Crippen molar-refractivity contribution in [2.24, 2.45) is 23.2 Å². The fraction of sp³-hybridized carbons (Fsp3) is 0.649. The second kappa shape index (κ2) is 12.7. The molecule has 4 rings (SSSR count). The van der Waals surface area contributed by atoms with Crippen molar-refractivity contribution >= 4 is 17.7 Å². The van der Waals surface area contributed by atoms with Crippen LogP contribution >= 0.6 is 0 Å². The molecular weight excluding hydrogens is 566 g/mol. The number of benzene rings is 1. The van der Waals surface area contributed by atoms with Crippen molar-refractivity contribution in [3.05, 3.63) is 61.2 Å². The third-order valence-electron chi connectivity index (χ3n) is 10.5. The molecule has 45 heavy (non-hydrogen) atoms. The summed E-state index contributed by atoms with van der Waals surface area (Å²) >= 11 is 0. The SMILES string of the molecule is C=CCN(Cc1ccccc1)C(=O)[C@H]1[C@H]2C(=O)N([C@@H](CC)CO)C(C(=O)N(CC=C)C(C)(C)CC(C)(C)C)C23CC(C)[C@]1(C)O3. The second-order valence-corrected chi connectivity index (χ2v) is 15.5. The number of aliphatic hydroxyl groups excluding tert-OH is 1. The third kappa shape index (κ3) is 6.00. The van der Waals surface area contributed by atoms with Crippen LogP contribution in [0.5, 0.6) is 0 Å². The Morgan fingerprint density at radius 1 is 1.11 bits per heavy atom. The first-order chi connectivity index (χ1) is 21.0. The van der Waals surface area contributed by atoms with Crippen LogP contribution in [0.4, 0.5) is 0 Å². The molecule has 1 N–H and O–H groups in total. The lowest BCUT2D eigenvalue weighted by molar-refractivity contribution is -0.161. The molecule has 0 aliphatic carbocycles. The summed E-state index contributed by atoms with van der Waals surface area (Å²) in [6.07, 6.45) is 5.08. The molecule has 0 aromatic heterocycles. The van der Waals surface area contributed by atoms with Gasteiger partial charge in [0.05, 0.1) is 30.1 Å². The van der Waals surface area contributed by atoms with Gasteiger partial charge in [-0.05, 0) is 56.9 Å². The number of hydrogen-bond acceptors (Lipinski definition) is 5. The van der Waals surface area contributed by atoms with Crippen molar-refractivity contribution in [2.75, 3.05) is 19.7 Å². The molecule has 0 saturated carbocycles. The van der Waals surface area contributed by atoms with Gasteiger partial charge in [-0.15, -0.1) is 13.2 Å². The summed E-state index contributed by atoms with van der Waals surface area (Å²) in [5, 5.41) is 10.5. The minimum absolute atomic E-state index is 0.0680. The predicted molar refractivity (Wildman–Crippen MR) is 177 cm³/mol. The van der Waals surface area contributed by atoms with Crippen molar-refractivity contribution in [3.63, 3.8) is 0 Å². The molecule has 3 saturated heterocycles. The Morgan fingerprint density at radius 2 is 1.73 bits per heavy atom. The van der Waals surface area contributed by atoms with Gasteiger partial charge in [0, 0.05) is 25.2 Å². The molecule has 1 spiro atoms. The number of amides is 3. The molecule has 2 bridgehead atoms. The van der Waals surface area contributed by atoms with Gasteiger partial charge in [-0.3, -0.25) is 14.4 Å². The fourth-order valence-electron chi connectivity index (χ4n) is 8.83. The smallest absolute Gasteiger partial charge is 0.249 e. The summed E-state index contributed by atoms with van der Waals surface area (Å²) in [5.41, 5.74) is -1.80. The van der Waals surface area contributed by atoms with E-state index in [4.69, 9.17) is 4.74 Å². The Hall–Kier alpha value is -2.97. The highest BCUT2D eigenvalue weighted by molar-refractivity contribution is 5.99. The zero-order chi connectivity index (χ0) is 33.5. The summed E-state index contributed by atoms with van der Waals surface area (Å²) in [6, 6.07) is 8.21. The van der Waals surface area contributed by atoms with Crippen molar-refractivity contribution in [1.29, 1.82) is 0 Å². The minimum Gasteiger partial charge on any atom is -0.394 e. The van der Waals surface area contributed by atoms with E-state index in [9.17, 15) is 14.7 Å². The molecule has 8 nitrogen and oxygen atoms in total. The van der Waals surface area contributed by atoms with Crippen LogP contribution in [-0.4, -0.2) is 86.0 Å². The van der Waals surface area contributed by atoms with Crippen molar-refractivity contribution in [3.8, 4) is 0 Å². The lowest BCUT2D eigenvalue weighted by Gasteiger charge is -2.46. The van der Waals surface area contributed by atoms with E-state index in [1.807, 2.05) is 49.1 Å². The van der Waals surface area contributed by atoms with Gasteiger partial charge in [-0.2, -0.15) is 0 Å². The van der Waals surface area contributed by atoms with Crippen molar-refractivity contribution < 1.29 is 24.2 Å². The summed E-state index contributed by atoms with van der Waals surface area (Å²) in [5.74, 6) is -2.39. The molecule has 1 aromatic carbocycles. The van der Waals surface area contributed by atoms with Crippen LogP contribution in [0.25, 0.3) is 0 Å². The number of fused-ring (bicyclic) bond motifs is 1. The van der Waals surface area contributed by atoms with E-state index >= 15 is 4.79 Å². The van der Waals surface area contributed by atoms with Gasteiger partial charge >= 0.3 is 0 Å². The number of rotatable bonds is 13. The standard InChI is InChI=1S/C37H55N3O5/c1-11-19-38(22-26-17-15-14-16-18-26)31(42)28-29-32(43)40(27(13-3)23-41)30(37(29)21-25(4)36(28,10)45-37)33(44)39(20-12-2)35(8,9)24-34(5,6)7/h11-12,14-18,25,27-30,41H,1-2,13,19-24H2,3-10H3/t25?,27-,28+,29-,30?,36-,37?/m0/s1. The Labute approximate surface area is 270 Å². The molecule has 7 atom stereocenters. The summed E-state index contributed by atoms with van der Waals surface area (Å²) < 4.78 is 7.02. The van der Waals surface area contributed by atoms with Gasteiger partial charge in [-0.25, -0.2) is 0 Å². The largest absolute Gasteiger partial charge is 0.394 e. The number of likely N-dealkylation sites (tertiary alicyclic amines) is 1. The Kier molecular flexibility index (Phi) is 9.83. The number of carbonyl (C=O) groups excluding carboxylic acids is 3. The average molecular weight is 622 g/mol. The zero-order valence-corrected chi connectivity index (χ0v) is 28.7. The first kappa shape index (κ1) is 34.9. The maximum Gasteiger partial charge on any atom is 0.249 e. The molecule has 1 aromatic rings. The van der Waals surface area contributed by atoms with Gasteiger partial charge in [0.15, 0.2) is 0 Å². The first-order valence-corrected chi connectivity index (χ1v) is 16.5. The monoisotopic (exact) mass is 621 g/mol. The minimum atomic E-state index is -1.20. The van der Waals surface area contributed by atoms with Crippen LogP contribution in [0.1, 0.15) is 80.2 Å². The van der Waals surface area contributed by atoms with E-state index in [0.717, 1.165) is 12.0 Å². The molecular formula is C37H55N3O5. The average Bonchev–Trinajstić information content (AvgIpc) is 3.47. The molecule has 3 aliphatic rings. The Balaban J connectivity index is 1.85. The lowest BCUT2D eigenvalue weighted by atomic mass is 9.62. The quantitative estimate of drug-likeness (QED) is 0.306. The molecule has 8 heteroatoms. The van der Waals surface area contributed by atoms with E-state index in [1.165, 1.54) is 0 Å². The number of hydrogen-bond donors (Lipinski definition) is 1. The predicted octanol–water partition coefficient (Wildman–Crippen LogP) is 5.21. The highest BCUT2D eigenvalue weighted by Crippen LogP contribution is 2.66. The molecule has 3 aliphatic heterocycles.